The van der Waals surface area contributed by atoms with E-state index in [1.807, 2.05) is 72.8 Å². The van der Waals surface area contributed by atoms with Crippen molar-refractivity contribution in [1.82, 2.24) is 9.13 Å². The lowest BCUT2D eigenvalue weighted by atomic mass is 9.97. The summed E-state index contributed by atoms with van der Waals surface area (Å²) in [6.45, 7) is 8.16. The van der Waals surface area contributed by atoms with Crippen molar-refractivity contribution in [1.29, 1.82) is 5.26 Å². The number of rotatable bonds is 3. The first kappa shape index (κ1) is 30.4. The zero-order valence-electron chi connectivity index (χ0n) is 29.6. The van der Waals surface area contributed by atoms with Gasteiger partial charge in [0.25, 0.3) is 0 Å². The fourth-order valence-corrected chi connectivity index (χ4v) is 9.05. The van der Waals surface area contributed by atoms with Crippen LogP contribution in [-0.2, 0) is 0 Å². The van der Waals surface area contributed by atoms with Gasteiger partial charge in [0.1, 0.15) is 22.3 Å². The van der Waals surface area contributed by atoms with Crippen LogP contribution in [0.5, 0.6) is 0 Å². The highest BCUT2D eigenvalue weighted by Gasteiger charge is 2.25. The predicted octanol–water partition coefficient (Wildman–Crippen LogP) is 13.8. The Morgan fingerprint density at radius 2 is 0.946 bits per heavy atom. The fraction of sp³-hybridized carbons (Fsp3) is 0. The summed E-state index contributed by atoms with van der Waals surface area (Å²) in [5, 5.41) is 18.9. The van der Waals surface area contributed by atoms with E-state index in [1.165, 1.54) is 0 Å². The van der Waals surface area contributed by atoms with Gasteiger partial charge in [0.2, 0.25) is 0 Å². The van der Waals surface area contributed by atoms with Crippen molar-refractivity contribution in [3.8, 4) is 28.6 Å². The summed E-state index contributed by atoms with van der Waals surface area (Å²) >= 11 is 0. The topological polar surface area (TPSA) is 64.3 Å². The first-order valence-electron chi connectivity index (χ1n) is 18.4. The summed E-state index contributed by atoms with van der Waals surface area (Å²) < 4.78 is 17.5. The molecule has 0 atom stereocenters. The van der Waals surface area contributed by atoms with E-state index in [9.17, 15) is 5.26 Å². The van der Waals surface area contributed by atoms with Crippen LogP contribution in [0.1, 0.15) is 5.56 Å². The molecule has 0 amide bonds. The van der Waals surface area contributed by atoms with E-state index >= 15 is 0 Å². The molecular formula is C50H26N4O2. The van der Waals surface area contributed by atoms with Crippen LogP contribution >= 0.6 is 0 Å². The van der Waals surface area contributed by atoms with Gasteiger partial charge in [-0.2, -0.15) is 5.26 Å². The molecular weight excluding hydrogens is 689 g/mol. The van der Waals surface area contributed by atoms with Crippen molar-refractivity contribution in [2.45, 2.75) is 0 Å². The summed E-state index contributed by atoms with van der Waals surface area (Å²) in [4.78, 5) is 3.93. The highest BCUT2D eigenvalue weighted by Crippen LogP contribution is 2.46. The van der Waals surface area contributed by atoms with Crippen molar-refractivity contribution in [2.75, 3.05) is 0 Å². The molecule has 0 N–H and O–H groups in total. The Morgan fingerprint density at radius 1 is 0.464 bits per heavy atom. The maximum Gasteiger partial charge on any atom is 0.188 e. The molecule has 258 valence electrons. The standard InChI is InChI=1S/C50H26N4O2/c1-52-30-19-23-42(54-40-15-7-3-11-32(40)34-21-25-46-48(50(34)54)36-13-5-9-17-44(36)56-46)38(27-30)37-26-29(28-51)18-22-41(37)53-39-14-6-2-10-31(39)33-20-24-45-47(49(33)53)35-12-4-8-16-43(35)55-45/h2-27H. The van der Waals surface area contributed by atoms with Crippen LogP contribution in [0, 0.1) is 17.9 Å². The van der Waals surface area contributed by atoms with Gasteiger partial charge in [-0.1, -0.05) is 78.9 Å². The maximum atomic E-state index is 10.4. The zero-order valence-corrected chi connectivity index (χ0v) is 29.6. The quantitative estimate of drug-likeness (QED) is 0.171. The van der Waals surface area contributed by atoms with E-state index in [4.69, 9.17) is 15.4 Å². The summed E-state index contributed by atoms with van der Waals surface area (Å²) in [6, 6.07) is 55.8. The highest BCUT2D eigenvalue weighted by molar-refractivity contribution is 6.26. The second-order valence-electron chi connectivity index (χ2n) is 14.2. The third-order valence-electron chi connectivity index (χ3n) is 11.4. The number of hydrogen-bond acceptors (Lipinski definition) is 3. The van der Waals surface area contributed by atoms with Crippen LogP contribution in [0.15, 0.2) is 167 Å². The van der Waals surface area contributed by atoms with Crippen molar-refractivity contribution in [3.05, 3.63) is 175 Å². The monoisotopic (exact) mass is 714 g/mol. The van der Waals surface area contributed by atoms with E-state index in [2.05, 4.69) is 105 Å². The molecule has 0 aliphatic heterocycles. The molecule has 0 saturated heterocycles. The molecule has 6 heteroatoms. The summed E-state index contributed by atoms with van der Waals surface area (Å²) in [5.41, 5.74) is 11.8. The number of fused-ring (bicyclic) bond motifs is 14. The smallest absolute Gasteiger partial charge is 0.188 e. The van der Waals surface area contributed by atoms with E-state index < -0.39 is 0 Å². The number of hydrogen-bond donors (Lipinski definition) is 0. The van der Waals surface area contributed by atoms with Crippen LogP contribution in [0.2, 0.25) is 0 Å². The molecule has 12 aromatic rings. The number of nitrogens with zero attached hydrogens (tertiary/aromatic N) is 4. The summed E-state index contributed by atoms with van der Waals surface area (Å²) in [7, 11) is 0. The molecule has 0 saturated carbocycles. The van der Waals surface area contributed by atoms with Gasteiger partial charge in [-0.05, 0) is 84.4 Å². The zero-order chi connectivity index (χ0) is 37.1. The number of aromatic nitrogens is 2. The summed E-state index contributed by atoms with van der Waals surface area (Å²) in [5.74, 6) is 0. The Bertz CT molecular complexity index is 3500. The van der Waals surface area contributed by atoms with Crippen molar-refractivity contribution >= 4 is 93.2 Å². The van der Waals surface area contributed by atoms with Gasteiger partial charge >= 0.3 is 0 Å². The van der Waals surface area contributed by atoms with Crippen LogP contribution in [0.3, 0.4) is 0 Å². The fourth-order valence-electron chi connectivity index (χ4n) is 9.05. The molecule has 6 nitrogen and oxygen atoms in total. The van der Waals surface area contributed by atoms with E-state index in [0.717, 1.165) is 110 Å². The molecule has 0 aliphatic rings. The van der Waals surface area contributed by atoms with Gasteiger partial charge in [-0.3, -0.25) is 0 Å². The molecule has 0 aliphatic carbocycles. The second-order valence-corrected chi connectivity index (χ2v) is 14.2. The average Bonchev–Trinajstić information content (AvgIpc) is 4.00. The SMILES string of the molecule is [C-]#[N+]c1ccc(-n2c3ccccc3c3ccc4oc5ccccc5c4c32)c(-c2cc(C#N)ccc2-n2c3ccccc3c3ccc4oc5ccccc5c4c32)c1. The van der Waals surface area contributed by atoms with Crippen LogP contribution in [-0.4, -0.2) is 9.13 Å². The predicted molar refractivity (Wildman–Crippen MR) is 226 cm³/mol. The normalized spacial score (nSPS) is 11.9. The average molecular weight is 715 g/mol. The minimum Gasteiger partial charge on any atom is -0.456 e. The van der Waals surface area contributed by atoms with Crippen molar-refractivity contribution in [2.24, 2.45) is 0 Å². The Labute approximate surface area is 318 Å². The first-order chi connectivity index (χ1) is 27.7. The largest absolute Gasteiger partial charge is 0.456 e. The second kappa shape index (κ2) is 11.2. The number of furan rings is 2. The van der Waals surface area contributed by atoms with Gasteiger partial charge < -0.3 is 18.0 Å². The molecule has 0 bridgehead atoms. The molecule has 4 aromatic heterocycles. The lowest BCUT2D eigenvalue weighted by Crippen LogP contribution is -2.02. The third-order valence-corrected chi connectivity index (χ3v) is 11.4. The van der Waals surface area contributed by atoms with E-state index in [0.29, 0.717) is 11.3 Å². The Kier molecular flexibility index (Phi) is 6.10. The van der Waals surface area contributed by atoms with Crippen LogP contribution in [0.4, 0.5) is 5.69 Å². The lowest BCUT2D eigenvalue weighted by Gasteiger charge is -2.19. The van der Waals surface area contributed by atoms with E-state index in [1.54, 1.807) is 0 Å². The minimum absolute atomic E-state index is 0.502. The van der Waals surface area contributed by atoms with E-state index in [-0.39, 0.29) is 0 Å². The highest BCUT2D eigenvalue weighted by atomic mass is 16.3. The molecule has 4 heterocycles. The van der Waals surface area contributed by atoms with Gasteiger partial charge in [0.15, 0.2) is 5.69 Å². The number of benzene rings is 8. The minimum atomic E-state index is 0.502. The molecule has 0 radical (unpaired) electrons. The Hall–Kier alpha value is -8.06. The van der Waals surface area contributed by atoms with Gasteiger partial charge in [0.05, 0.1) is 62.4 Å². The van der Waals surface area contributed by atoms with Crippen LogP contribution in [0.25, 0.3) is 115 Å². The molecule has 0 fully saturated rings. The van der Waals surface area contributed by atoms with Gasteiger partial charge in [-0.25, -0.2) is 4.85 Å². The summed E-state index contributed by atoms with van der Waals surface area (Å²) in [6.07, 6.45) is 0. The van der Waals surface area contributed by atoms with Crippen molar-refractivity contribution < 1.29 is 8.83 Å². The Morgan fingerprint density at radius 3 is 1.48 bits per heavy atom. The lowest BCUT2D eigenvalue weighted by molar-refractivity contribution is 0.669. The molecule has 56 heavy (non-hydrogen) atoms. The third kappa shape index (κ3) is 4.02. The first-order valence-corrected chi connectivity index (χ1v) is 18.4. The van der Waals surface area contributed by atoms with Crippen molar-refractivity contribution in [3.63, 3.8) is 0 Å². The number of nitriles is 1. The molecule has 8 aromatic carbocycles. The van der Waals surface area contributed by atoms with Gasteiger partial charge in [-0.15, -0.1) is 0 Å². The molecule has 12 rings (SSSR count). The molecule has 0 unspecified atom stereocenters. The Balaban J connectivity index is 1.26. The molecule has 0 spiro atoms. The number of para-hydroxylation sites is 4. The van der Waals surface area contributed by atoms with Crippen LogP contribution < -0.4 is 0 Å². The maximum absolute atomic E-state index is 10.4. The van der Waals surface area contributed by atoms with Gasteiger partial charge in [0, 0.05) is 37.9 Å².